The Morgan fingerprint density at radius 3 is 2.79 bits per heavy atom. The van der Waals surface area contributed by atoms with Crippen molar-refractivity contribution in [1.82, 2.24) is 10.2 Å². The van der Waals surface area contributed by atoms with Crippen LogP contribution in [0.4, 0.5) is 0 Å². The van der Waals surface area contributed by atoms with E-state index in [2.05, 4.69) is 48.3 Å². The Hall–Kier alpha value is -1.92. The number of rotatable bonds is 7. The summed E-state index contributed by atoms with van der Waals surface area (Å²) in [5, 5.41) is 2.78. The van der Waals surface area contributed by atoms with E-state index in [1.54, 1.807) is 4.90 Å². The number of benzene rings is 1. The second kappa shape index (κ2) is 8.84. The summed E-state index contributed by atoms with van der Waals surface area (Å²) in [5.74, 6) is -0.264. The number of amides is 1. The Labute approximate surface area is 177 Å². The van der Waals surface area contributed by atoms with Crippen LogP contribution in [0.1, 0.15) is 49.7 Å². The third-order valence-electron chi connectivity index (χ3n) is 6.48. The van der Waals surface area contributed by atoms with E-state index in [9.17, 15) is 14.4 Å². The quantitative estimate of drug-likeness (QED) is 0.676. The number of likely N-dealkylation sites (tertiary alicyclic amines) is 1. The molecule has 2 saturated heterocycles. The monoisotopic (exact) mass is 412 g/mol. The highest BCUT2D eigenvalue weighted by atomic mass is 32.1. The van der Waals surface area contributed by atoms with Crippen LogP contribution in [-0.4, -0.2) is 46.9 Å². The normalized spacial score (nSPS) is 25.8. The lowest BCUT2D eigenvalue weighted by Gasteiger charge is -2.27. The molecule has 3 aliphatic rings. The largest absolute Gasteiger partial charge is 0.333 e. The first kappa shape index (κ1) is 20.4. The van der Waals surface area contributed by atoms with Gasteiger partial charge in [0.25, 0.3) is 0 Å². The maximum Gasteiger partial charge on any atom is 0.223 e. The Morgan fingerprint density at radius 2 is 2.00 bits per heavy atom. The molecule has 29 heavy (non-hydrogen) atoms. The molecular formula is C23H28N2O3S. The van der Waals surface area contributed by atoms with E-state index in [-0.39, 0.29) is 28.8 Å². The second-order valence-electron chi connectivity index (χ2n) is 8.34. The van der Waals surface area contributed by atoms with E-state index < -0.39 is 6.04 Å². The van der Waals surface area contributed by atoms with Crippen LogP contribution in [0.15, 0.2) is 29.8 Å². The molecule has 1 amide bonds. The van der Waals surface area contributed by atoms with Gasteiger partial charge in [0.05, 0.1) is 12.1 Å². The number of carbonyl (C=O) groups is 3. The predicted molar refractivity (Wildman–Crippen MR) is 116 cm³/mol. The van der Waals surface area contributed by atoms with Crippen LogP contribution in [-0.2, 0) is 20.8 Å². The summed E-state index contributed by atoms with van der Waals surface area (Å²) in [5.41, 5.74) is 4.02. The van der Waals surface area contributed by atoms with Gasteiger partial charge in [0.2, 0.25) is 11.0 Å². The number of ketones is 1. The third kappa shape index (κ3) is 4.33. The summed E-state index contributed by atoms with van der Waals surface area (Å²) < 4.78 is 0. The highest BCUT2D eigenvalue weighted by Crippen LogP contribution is 2.30. The molecule has 0 saturated carbocycles. The van der Waals surface area contributed by atoms with E-state index in [1.165, 1.54) is 16.7 Å². The molecule has 4 rings (SSSR count). The van der Waals surface area contributed by atoms with Crippen molar-refractivity contribution in [2.75, 3.05) is 13.1 Å². The van der Waals surface area contributed by atoms with Crippen molar-refractivity contribution in [3.8, 4) is 0 Å². The Morgan fingerprint density at radius 1 is 1.17 bits per heavy atom. The molecule has 2 heterocycles. The summed E-state index contributed by atoms with van der Waals surface area (Å²) in [6.07, 6.45) is 7.59. The molecule has 2 aliphatic heterocycles. The number of fused-ring (bicyclic) bond motifs is 1. The molecule has 1 aromatic carbocycles. The lowest BCUT2D eigenvalue weighted by molar-refractivity contribution is -0.139. The van der Waals surface area contributed by atoms with Crippen LogP contribution in [0.3, 0.4) is 0 Å². The second-order valence-corrected chi connectivity index (χ2v) is 8.79. The van der Waals surface area contributed by atoms with Crippen molar-refractivity contribution in [3.05, 3.63) is 41.0 Å². The Bertz CT molecular complexity index is 850. The maximum absolute atomic E-state index is 13.1. The fraction of sp³-hybridized carbons (Fsp3) is 0.522. The van der Waals surface area contributed by atoms with Crippen molar-refractivity contribution < 1.29 is 14.4 Å². The third-order valence-corrected chi connectivity index (χ3v) is 6.75. The molecule has 0 spiro atoms. The molecule has 0 bridgehead atoms. The number of carbonyl (C=O) groups excluding carboxylic acids is 3. The van der Waals surface area contributed by atoms with Gasteiger partial charge in [-0.15, -0.1) is 12.6 Å². The van der Waals surface area contributed by atoms with Crippen molar-refractivity contribution >= 4 is 35.5 Å². The van der Waals surface area contributed by atoms with Crippen LogP contribution in [0.2, 0.25) is 0 Å². The molecule has 1 aromatic rings. The minimum atomic E-state index is -0.515. The zero-order valence-electron chi connectivity index (χ0n) is 16.6. The van der Waals surface area contributed by atoms with Gasteiger partial charge in [0.15, 0.2) is 5.78 Å². The average Bonchev–Trinajstić information content (AvgIpc) is 3.45. The first-order valence-corrected chi connectivity index (χ1v) is 11.1. The zero-order valence-corrected chi connectivity index (χ0v) is 17.5. The summed E-state index contributed by atoms with van der Waals surface area (Å²) in [4.78, 5) is 39.4. The van der Waals surface area contributed by atoms with Gasteiger partial charge in [-0.05, 0) is 56.2 Å². The summed E-state index contributed by atoms with van der Waals surface area (Å²) >= 11 is 3.92. The highest BCUT2D eigenvalue weighted by molar-refractivity contribution is 7.96. The van der Waals surface area contributed by atoms with Crippen LogP contribution >= 0.6 is 12.6 Å². The Balaban J connectivity index is 1.30. The van der Waals surface area contributed by atoms with Crippen molar-refractivity contribution in [2.24, 2.45) is 5.92 Å². The molecule has 154 valence electrons. The van der Waals surface area contributed by atoms with Gasteiger partial charge in [-0.3, -0.25) is 14.4 Å². The van der Waals surface area contributed by atoms with Crippen LogP contribution in [0, 0.1) is 5.92 Å². The minimum absolute atomic E-state index is 0.0298. The number of nitrogens with zero attached hydrogens (tertiary/aromatic N) is 1. The van der Waals surface area contributed by atoms with Gasteiger partial charge in [0, 0.05) is 18.9 Å². The van der Waals surface area contributed by atoms with Crippen molar-refractivity contribution in [1.29, 1.82) is 0 Å². The molecule has 2 fully saturated rings. The number of Topliss-reactive ketones (excluding diaryl/α,β-unsaturated/α-hetero) is 1. The summed E-state index contributed by atoms with van der Waals surface area (Å²) in [6.45, 7) is 1.29. The summed E-state index contributed by atoms with van der Waals surface area (Å²) in [6, 6.07) is 7.52. The molecule has 6 heteroatoms. The number of nitrogens with one attached hydrogen (secondary N) is 1. The molecular weight excluding hydrogens is 384 g/mol. The van der Waals surface area contributed by atoms with E-state index in [1.807, 2.05) is 0 Å². The van der Waals surface area contributed by atoms with Gasteiger partial charge in [-0.25, -0.2) is 0 Å². The molecule has 5 nitrogen and oxygen atoms in total. The average molecular weight is 413 g/mol. The number of hydrogen-bond donors (Lipinski definition) is 2. The molecule has 1 unspecified atom stereocenters. The lowest BCUT2D eigenvalue weighted by Crippen LogP contribution is -2.46. The van der Waals surface area contributed by atoms with Crippen molar-refractivity contribution in [3.63, 3.8) is 0 Å². The van der Waals surface area contributed by atoms with Gasteiger partial charge in [-0.2, -0.15) is 0 Å². The maximum atomic E-state index is 13.1. The van der Waals surface area contributed by atoms with E-state index in [0.717, 1.165) is 25.7 Å². The number of hydrogen-bond acceptors (Lipinski definition) is 4. The van der Waals surface area contributed by atoms with Gasteiger partial charge in [0.1, 0.15) is 0 Å². The minimum Gasteiger partial charge on any atom is -0.333 e. The highest BCUT2D eigenvalue weighted by Gasteiger charge is 2.43. The van der Waals surface area contributed by atoms with E-state index >= 15 is 0 Å². The van der Waals surface area contributed by atoms with E-state index in [0.29, 0.717) is 32.4 Å². The van der Waals surface area contributed by atoms with E-state index in [4.69, 9.17) is 0 Å². The standard InChI is InChI=1S/C23H28N2O3S/c26-20(9-3-5-15-13-16-6-1-2-7-17(16)14-15)25-12-4-8-19(25)22(27)18-10-11-24-21(18)23(28)29/h1-2,6-7,13,18-19,21,24H,3-5,8-12,14H2,(H,28,29)/t18?,19-,21-/m0/s1. The fourth-order valence-electron chi connectivity index (χ4n) is 5.00. The smallest absolute Gasteiger partial charge is 0.223 e. The molecule has 3 atom stereocenters. The van der Waals surface area contributed by atoms with Crippen LogP contribution in [0.25, 0.3) is 6.08 Å². The summed E-state index contributed by atoms with van der Waals surface area (Å²) in [7, 11) is 0. The molecule has 0 aromatic heterocycles. The molecule has 1 N–H and O–H groups in total. The first-order chi connectivity index (χ1) is 14.0. The SMILES string of the molecule is O=C(S)[C@H]1NCCC1C(=O)[C@@H]1CCCN1C(=O)CCCC1=Cc2ccccc2C1. The molecule has 1 aliphatic carbocycles. The first-order valence-electron chi connectivity index (χ1n) is 10.6. The van der Waals surface area contributed by atoms with Crippen LogP contribution in [0.5, 0.6) is 0 Å². The molecule has 0 radical (unpaired) electrons. The van der Waals surface area contributed by atoms with Gasteiger partial charge < -0.3 is 10.2 Å². The van der Waals surface area contributed by atoms with Gasteiger partial charge >= 0.3 is 0 Å². The topological polar surface area (TPSA) is 66.5 Å². The van der Waals surface area contributed by atoms with Crippen LogP contribution < -0.4 is 5.32 Å². The Kier molecular flexibility index (Phi) is 6.20. The zero-order chi connectivity index (χ0) is 20.4. The number of allylic oxidation sites excluding steroid dienone is 1. The fourth-order valence-corrected chi connectivity index (χ4v) is 5.27. The van der Waals surface area contributed by atoms with Crippen molar-refractivity contribution in [2.45, 2.75) is 57.0 Å². The number of thiol groups is 1. The van der Waals surface area contributed by atoms with Gasteiger partial charge in [-0.1, -0.05) is 35.9 Å². The lowest BCUT2D eigenvalue weighted by atomic mass is 9.90. The predicted octanol–water partition coefficient (Wildman–Crippen LogP) is 2.79.